The zero-order valence-electron chi connectivity index (χ0n) is 20.4. The van der Waals surface area contributed by atoms with Crippen molar-refractivity contribution in [1.29, 1.82) is 0 Å². The number of benzene rings is 3. The number of nitrogens with one attached hydrogen (secondary N) is 1. The Morgan fingerprint density at radius 2 is 1.77 bits per heavy atom. The van der Waals surface area contributed by atoms with Crippen LogP contribution in [0.5, 0.6) is 0 Å². The first-order chi connectivity index (χ1) is 16.8. The van der Waals surface area contributed by atoms with E-state index in [2.05, 4.69) is 21.2 Å². The van der Waals surface area contributed by atoms with E-state index in [1.165, 1.54) is 0 Å². The Morgan fingerprint density at radius 3 is 2.46 bits per heavy atom. The molecule has 180 valence electrons. The average Bonchev–Trinajstić information content (AvgIpc) is 2.85. The van der Waals surface area contributed by atoms with Crippen molar-refractivity contribution < 1.29 is 4.79 Å². The molecule has 1 unspecified atom stereocenters. The molecule has 6 nitrogen and oxygen atoms in total. The van der Waals surface area contributed by atoms with Crippen LogP contribution in [0.2, 0.25) is 0 Å². The first-order valence-electron chi connectivity index (χ1n) is 11.7. The molecule has 0 saturated carbocycles. The molecular weight excluding hydrogens is 504 g/mol. The summed E-state index contributed by atoms with van der Waals surface area (Å²) >= 11 is 3.42. The molecule has 1 aromatic heterocycles. The zero-order chi connectivity index (χ0) is 25.1. The molecular formula is C28H29BrN4O2. The lowest BCUT2D eigenvalue weighted by Gasteiger charge is -2.30. The van der Waals surface area contributed by atoms with Gasteiger partial charge in [0.25, 0.3) is 5.56 Å². The van der Waals surface area contributed by atoms with Gasteiger partial charge in [0.15, 0.2) is 0 Å². The third-order valence-corrected chi connectivity index (χ3v) is 6.74. The standard InChI is InChI=1S/C28H29BrN4O2/c1-5-16-32(28(35)30-22-13-11-21(29)12-14-22)20(4)26-31-25-9-7-6-8-24(25)27(34)33(26)23-15-10-18(2)19(3)17-23/h6-15,17,20H,5,16H2,1-4H3,(H,30,35). The van der Waals surface area contributed by atoms with E-state index in [-0.39, 0.29) is 11.6 Å². The highest BCUT2D eigenvalue weighted by Gasteiger charge is 2.26. The van der Waals surface area contributed by atoms with Crippen LogP contribution < -0.4 is 10.9 Å². The summed E-state index contributed by atoms with van der Waals surface area (Å²) in [5.74, 6) is 0.524. The Hall–Kier alpha value is -3.45. The average molecular weight is 533 g/mol. The van der Waals surface area contributed by atoms with Gasteiger partial charge in [-0.2, -0.15) is 0 Å². The van der Waals surface area contributed by atoms with E-state index >= 15 is 0 Å². The number of nitrogens with zero attached hydrogens (tertiary/aromatic N) is 3. The van der Waals surface area contributed by atoms with Gasteiger partial charge in [0, 0.05) is 16.7 Å². The number of urea groups is 1. The summed E-state index contributed by atoms with van der Waals surface area (Å²) in [6.07, 6.45) is 0.763. The van der Waals surface area contributed by atoms with Crippen molar-refractivity contribution in [2.75, 3.05) is 11.9 Å². The summed E-state index contributed by atoms with van der Waals surface area (Å²) in [5, 5.41) is 3.53. The minimum Gasteiger partial charge on any atom is -0.315 e. The molecule has 4 aromatic rings. The Morgan fingerprint density at radius 1 is 1.06 bits per heavy atom. The maximum Gasteiger partial charge on any atom is 0.322 e. The fourth-order valence-corrected chi connectivity index (χ4v) is 4.39. The van der Waals surface area contributed by atoms with Crippen LogP contribution in [0.25, 0.3) is 16.6 Å². The Bertz CT molecular complexity index is 1430. The number of para-hydroxylation sites is 1. The van der Waals surface area contributed by atoms with Gasteiger partial charge in [0.1, 0.15) is 5.82 Å². The first kappa shape index (κ1) is 24.7. The lowest BCUT2D eigenvalue weighted by Crippen LogP contribution is -2.40. The van der Waals surface area contributed by atoms with Crippen molar-refractivity contribution in [2.24, 2.45) is 0 Å². The fourth-order valence-electron chi connectivity index (χ4n) is 4.12. The summed E-state index contributed by atoms with van der Waals surface area (Å²) in [6, 6.07) is 20.0. The van der Waals surface area contributed by atoms with Crippen molar-refractivity contribution in [2.45, 2.75) is 40.2 Å². The van der Waals surface area contributed by atoms with E-state index in [1.807, 2.05) is 88.4 Å². The fraction of sp³-hybridized carbons (Fsp3) is 0.250. The number of rotatable bonds is 6. The smallest absolute Gasteiger partial charge is 0.315 e. The molecule has 0 radical (unpaired) electrons. The van der Waals surface area contributed by atoms with Crippen molar-refractivity contribution in [3.05, 3.63) is 98.5 Å². The number of aryl methyl sites for hydroxylation is 2. The minimum absolute atomic E-state index is 0.148. The van der Waals surface area contributed by atoms with Crippen molar-refractivity contribution in [1.82, 2.24) is 14.5 Å². The molecule has 35 heavy (non-hydrogen) atoms. The van der Waals surface area contributed by atoms with E-state index in [9.17, 15) is 9.59 Å². The molecule has 0 aliphatic carbocycles. The van der Waals surface area contributed by atoms with Crippen LogP contribution in [0.15, 0.2) is 76.0 Å². The Kier molecular flexibility index (Phi) is 7.36. The highest BCUT2D eigenvalue weighted by atomic mass is 79.9. The summed E-state index contributed by atoms with van der Waals surface area (Å²) in [5.41, 5.74) is 4.13. The maximum absolute atomic E-state index is 13.7. The molecule has 0 bridgehead atoms. The topological polar surface area (TPSA) is 67.2 Å². The van der Waals surface area contributed by atoms with Crippen LogP contribution >= 0.6 is 15.9 Å². The van der Waals surface area contributed by atoms with Gasteiger partial charge >= 0.3 is 6.03 Å². The second-order valence-electron chi connectivity index (χ2n) is 8.70. The monoisotopic (exact) mass is 532 g/mol. The second-order valence-corrected chi connectivity index (χ2v) is 9.62. The lowest BCUT2D eigenvalue weighted by molar-refractivity contribution is 0.189. The molecule has 1 heterocycles. The van der Waals surface area contributed by atoms with Gasteiger partial charge in [-0.05, 0) is 86.8 Å². The molecule has 0 saturated heterocycles. The second kappa shape index (κ2) is 10.4. The molecule has 0 aliphatic rings. The summed E-state index contributed by atoms with van der Waals surface area (Å²) < 4.78 is 2.58. The molecule has 2 amide bonds. The molecule has 4 rings (SSSR count). The van der Waals surface area contributed by atoms with E-state index in [0.29, 0.717) is 29.0 Å². The minimum atomic E-state index is -0.454. The molecule has 0 aliphatic heterocycles. The van der Waals surface area contributed by atoms with Crippen LogP contribution in [-0.2, 0) is 0 Å². The predicted molar refractivity (Wildman–Crippen MR) is 145 cm³/mol. The first-order valence-corrected chi connectivity index (χ1v) is 12.5. The van der Waals surface area contributed by atoms with E-state index in [4.69, 9.17) is 4.98 Å². The number of carbonyl (C=O) groups is 1. The zero-order valence-corrected chi connectivity index (χ0v) is 22.0. The van der Waals surface area contributed by atoms with Crippen LogP contribution in [-0.4, -0.2) is 27.0 Å². The SMILES string of the molecule is CCCN(C(=O)Nc1ccc(Br)cc1)C(C)c1nc2ccccc2c(=O)n1-c1ccc(C)c(C)c1. The summed E-state index contributed by atoms with van der Waals surface area (Å²) in [6.45, 7) is 8.52. The summed E-state index contributed by atoms with van der Waals surface area (Å²) in [7, 11) is 0. The Balaban J connectivity index is 1.83. The number of hydrogen-bond acceptors (Lipinski definition) is 3. The van der Waals surface area contributed by atoms with Crippen molar-refractivity contribution >= 4 is 38.6 Å². The number of fused-ring (bicyclic) bond motifs is 1. The quantitative estimate of drug-likeness (QED) is 0.298. The molecule has 7 heteroatoms. The van der Waals surface area contributed by atoms with E-state index in [0.717, 1.165) is 27.7 Å². The number of aromatic nitrogens is 2. The highest BCUT2D eigenvalue weighted by molar-refractivity contribution is 9.10. The maximum atomic E-state index is 13.7. The van der Waals surface area contributed by atoms with Gasteiger partial charge in [0.05, 0.1) is 22.6 Å². The molecule has 0 fully saturated rings. The molecule has 1 N–H and O–H groups in total. The number of hydrogen-bond donors (Lipinski definition) is 1. The van der Waals surface area contributed by atoms with Gasteiger partial charge < -0.3 is 10.2 Å². The van der Waals surface area contributed by atoms with Gasteiger partial charge in [-0.25, -0.2) is 9.78 Å². The summed E-state index contributed by atoms with van der Waals surface area (Å²) in [4.78, 5) is 33.7. The van der Waals surface area contributed by atoms with Crippen molar-refractivity contribution in [3.63, 3.8) is 0 Å². The van der Waals surface area contributed by atoms with Crippen LogP contribution in [0.3, 0.4) is 0 Å². The molecule has 0 spiro atoms. The van der Waals surface area contributed by atoms with Crippen molar-refractivity contribution in [3.8, 4) is 5.69 Å². The number of anilines is 1. The largest absolute Gasteiger partial charge is 0.322 e. The third-order valence-electron chi connectivity index (χ3n) is 6.21. The molecule has 1 atom stereocenters. The van der Waals surface area contributed by atoms with E-state index < -0.39 is 6.04 Å². The Labute approximate surface area is 213 Å². The van der Waals surface area contributed by atoms with Gasteiger partial charge in [0.2, 0.25) is 0 Å². The lowest BCUT2D eigenvalue weighted by atomic mass is 10.1. The third kappa shape index (κ3) is 5.15. The number of carbonyl (C=O) groups excluding carboxylic acids is 1. The van der Waals surface area contributed by atoms with Gasteiger partial charge in [-0.1, -0.05) is 41.1 Å². The molecule has 3 aromatic carbocycles. The predicted octanol–water partition coefficient (Wildman–Crippen LogP) is 6.77. The number of amides is 2. The van der Waals surface area contributed by atoms with Gasteiger partial charge in [-0.3, -0.25) is 9.36 Å². The highest BCUT2D eigenvalue weighted by Crippen LogP contribution is 2.25. The van der Waals surface area contributed by atoms with Crippen LogP contribution in [0.1, 0.15) is 43.3 Å². The normalized spacial score (nSPS) is 11.9. The van der Waals surface area contributed by atoms with E-state index in [1.54, 1.807) is 15.5 Å². The van der Waals surface area contributed by atoms with Crippen LogP contribution in [0, 0.1) is 13.8 Å². The number of halogens is 1. The van der Waals surface area contributed by atoms with Crippen LogP contribution in [0.4, 0.5) is 10.5 Å². The van der Waals surface area contributed by atoms with Gasteiger partial charge in [-0.15, -0.1) is 0 Å².